The monoisotopic (exact) mass is 400 g/mol. The summed E-state index contributed by atoms with van der Waals surface area (Å²) in [6.45, 7) is 3.69. The number of phenols is 1. The Labute approximate surface area is 148 Å². The lowest BCUT2D eigenvalue weighted by Gasteiger charge is -2.20. The van der Waals surface area contributed by atoms with Gasteiger partial charge in [-0.15, -0.1) is 0 Å². The number of aliphatic hydroxyl groups is 2. The molecule has 0 atom stereocenters. The van der Waals surface area contributed by atoms with E-state index in [9.17, 15) is 14.7 Å². The smallest absolute Gasteiger partial charge is 0.240 e. The number of nitrogens with zero attached hydrogens (tertiary/aromatic N) is 1. The maximum Gasteiger partial charge on any atom is 0.240 e. The topological polar surface area (TPSA) is 110 Å². The first kappa shape index (κ1) is 18.7. The van der Waals surface area contributed by atoms with E-state index >= 15 is 0 Å². The minimum Gasteiger partial charge on any atom is -0.507 e. The average Bonchev–Trinajstić information content (AvgIpc) is 2.66. The molecule has 2 amide bonds. The van der Waals surface area contributed by atoms with Crippen molar-refractivity contribution in [1.29, 1.82) is 0 Å². The van der Waals surface area contributed by atoms with Crippen LogP contribution in [0, 0.1) is 0 Å². The molecule has 0 bridgehead atoms. The Morgan fingerprint density at radius 2 is 2.04 bits per heavy atom. The van der Waals surface area contributed by atoms with E-state index in [0.717, 1.165) is 5.56 Å². The number of aromatic hydroxyl groups is 1. The largest absolute Gasteiger partial charge is 0.507 e. The highest BCUT2D eigenvalue weighted by Crippen LogP contribution is 2.45. The van der Waals surface area contributed by atoms with Gasteiger partial charge in [0, 0.05) is 12.6 Å². The van der Waals surface area contributed by atoms with Crippen LogP contribution in [0.2, 0.25) is 0 Å². The summed E-state index contributed by atoms with van der Waals surface area (Å²) in [7, 11) is 0. The number of anilines is 1. The number of benzene rings is 1. The van der Waals surface area contributed by atoms with Crippen LogP contribution in [0.3, 0.4) is 0 Å². The number of rotatable bonds is 6. The summed E-state index contributed by atoms with van der Waals surface area (Å²) in [5.41, 5.74) is 0.479. The number of carbonyl (C=O) groups excluding carboxylic acids is 2. The Morgan fingerprint density at radius 3 is 2.67 bits per heavy atom. The summed E-state index contributed by atoms with van der Waals surface area (Å²) in [5.74, 6) is -0.556. The van der Waals surface area contributed by atoms with Gasteiger partial charge in [-0.2, -0.15) is 0 Å². The van der Waals surface area contributed by atoms with Crippen molar-refractivity contribution >= 4 is 33.4 Å². The molecule has 1 aromatic carbocycles. The third-order valence-corrected chi connectivity index (χ3v) is 4.71. The number of fused-ring (bicyclic) bond motifs is 1. The number of phenolic OH excluding ortho intramolecular Hbond substituents is 1. The molecule has 0 unspecified atom stereocenters. The van der Waals surface area contributed by atoms with E-state index in [1.807, 2.05) is 0 Å². The number of carbonyl (C=O) groups is 2. The first-order valence-corrected chi connectivity index (χ1v) is 8.41. The molecular weight excluding hydrogens is 380 g/mol. The summed E-state index contributed by atoms with van der Waals surface area (Å²) >= 11 is 3.24. The number of hydrogen-bond acceptors (Lipinski definition) is 5. The van der Waals surface area contributed by atoms with Gasteiger partial charge in [0.05, 0.1) is 15.6 Å². The second kappa shape index (κ2) is 7.08. The fraction of sp³-hybridized carbons (Fsp3) is 0.500. The van der Waals surface area contributed by atoms with E-state index in [0.29, 0.717) is 23.1 Å². The van der Waals surface area contributed by atoms with Crippen LogP contribution in [0.25, 0.3) is 0 Å². The Balaban J connectivity index is 2.10. The van der Waals surface area contributed by atoms with E-state index in [1.165, 1.54) is 11.0 Å². The second-order valence-corrected chi connectivity index (χ2v) is 7.16. The van der Waals surface area contributed by atoms with Crippen molar-refractivity contribution in [1.82, 2.24) is 5.32 Å². The van der Waals surface area contributed by atoms with Crippen LogP contribution >= 0.6 is 15.9 Å². The zero-order valence-electron chi connectivity index (χ0n) is 13.5. The Morgan fingerprint density at radius 1 is 1.38 bits per heavy atom. The molecule has 0 fully saturated rings. The molecule has 0 radical (unpaired) electrons. The fourth-order valence-corrected chi connectivity index (χ4v) is 3.05. The van der Waals surface area contributed by atoms with Gasteiger partial charge in [0.2, 0.25) is 11.8 Å². The molecule has 1 aliphatic heterocycles. The van der Waals surface area contributed by atoms with Gasteiger partial charge in [-0.05, 0) is 54.2 Å². The molecule has 1 aromatic rings. The lowest BCUT2D eigenvalue weighted by Crippen LogP contribution is -2.43. The summed E-state index contributed by atoms with van der Waals surface area (Å²) in [5, 5.41) is 30.0. The first-order valence-electron chi connectivity index (χ1n) is 7.62. The lowest BCUT2D eigenvalue weighted by atomic mass is 9.86. The number of aliphatic hydroxyl groups excluding tert-OH is 1. The highest BCUT2D eigenvalue weighted by molar-refractivity contribution is 9.10. The molecule has 0 saturated heterocycles. The van der Waals surface area contributed by atoms with Gasteiger partial charge < -0.3 is 25.5 Å². The minimum absolute atomic E-state index is 0.00147. The third kappa shape index (κ3) is 3.71. The van der Waals surface area contributed by atoms with E-state index < -0.39 is 11.7 Å². The van der Waals surface area contributed by atoms with Gasteiger partial charge in [-0.25, -0.2) is 0 Å². The first-order chi connectivity index (χ1) is 11.1. The van der Waals surface area contributed by atoms with Gasteiger partial charge >= 0.3 is 0 Å². The molecule has 0 saturated carbocycles. The average molecular weight is 401 g/mol. The maximum atomic E-state index is 12.6. The van der Waals surface area contributed by atoms with Crippen LogP contribution in [0.1, 0.15) is 32.3 Å². The number of halogens is 1. The van der Waals surface area contributed by atoms with Gasteiger partial charge in [-0.1, -0.05) is 0 Å². The van der Waals surface area contributed by atoms with Crippen molar-refractivity contribution in [3.05, 3.63) is 22.2 Å². The number of hydrogen-bond donors (Lipinski definition) is 4. The normalized spacial score (nSPS) is 15.8. The van der Waals surface area contributed by atoms with Crippen molar-refractivity contribution in [2.45, 2.75) is 38.4 Å². The minimum atomic E-state index is -1.39. The van der Waals surface area contributed by atoms with Crippen LogP contribution < -0.4 is 10.2 Å². The van der Waals surface area contributed by atoms with Crippen molar-refractivity contribution in [3.8, 4) is 5.75 Å². The van der Waals surface area contributed by atoms with E-state index in [1.54, 1.807) is 19.9 Å². The van der Waals surface area contributed by atoms with Gasteiger partial charge in [0.25, 0.3) is 0 Å². The molecule has 0 aromatic heterocycles. The van der Waals surface area contributed by atoms with Crippen LogP contribution in [-0.2, 0) is 15.0 Å². The highest BCUT2D eigenvalue weighted by Gasteiger charge is 2.44. The lowest BCUT2D eigenvalue weighted by molar-refractivity contribution is -0.125. The molecule has 2 rings (SSSR count). The molecule has 7 nitrogen and oxygen atoms in total. The number of amides is 2. The highest BCUT2D eigenvalue weighted by atomic mass is 79.9. The molecule has 24 heavy (non-hydrogen) atoms. The Hall–Kier alpha value is -1.64. The molecule has 1 heterocycles. The van der Waals surface area contributed by atoms with Crippen LogP contribution in [-0.4, -0.2) is 46.5 Å². The molecule has 0 aliphatic carbocycles. The summed E-state index contributed by atoms with van der Waals surface area (Å²) in [6, 6.07) is 3.17. The van der Waals surface area contributed by atoms with Crippen LogP contribution in [0.4, 0.5) is 5.69 Å². The Kier molecular flexibility index (Phi) is 5.52. The van der Waals surface area contributed by atoms with Crippen molar-refractivity contribution in [2.24, 2.45) is 0 Å². The van der Waals surface area contributed by atoms with Crippen molar-refractivity contribution in [3.63, 3.8) is 0 Å². The maximum absolute atomic E-state index is 12.6. The second-order valence-electron chi connectivity index (χ2n) is 6.31. The summed E-state index contributed by atoms with van der Waals surface area (Å²) in [4.78, 5) is 26.1. The van der Waals surface area contributed by atoms with Crippen molar-refractivity contribution < 1.29 is 24.9 Å². The SMILES string of the molecule is CC1(C)C(=O)N(CC(=O)NCCCC(O)O)c2cc(O)c(Br)cc21. The fourth-order valence-electron chi connectivity index (χ4n) is 2.71. The molecule has 0 spiro atoms. The third-order valence-electron chi connectivity index (χ3n) is 4.07. The van der Waals surface area contributed by atoms with Gasteiger partial charge in [0.1, 0.15) is 12.3 Å². The molecule has 8 heteroatoms. The van der Waals surface area contributed by atoms with Crippen molar-refractivity contribution in [2.75, 3.05) is 18.0 Å². The quantitative estimate of drug-likeness (QED) is 0.420. The zero-order valence-corrected chi connectivity index (χ0v) is 15.1. The zero-order chi connectivity index (χ0) is 18.1. The summed E-state index contributed by atoms with van der Waals surface area (Å²) < 4.78 is 0.496. The predicted molar refractivity (Wildman–Crippen MR) is 91.7 cm³/mol. The van der Waals surface area contributed by atoms with E-state index in [2.05, 4.69) is 21.2 Å². The Bertz CT molecular complexity index is 660. The molecule has 132 valence electrons. The predicted octanol–water partition coefficient (Wildman–Crippen LogP) is 0.986. The van der Waals surface area contributed by atoms with Gasteiger partial charge in [0.15, 0.2) is 6.29 Å². The number of nitrogens with one attached hydrogen (secondary N) is 1. The molecule has 4 N–H and O–H groups in total. The van der Waals surface area contributed by atoms with E-state index in [4.69, 9.17) is 10.2 Å². The van der Waals surface area contributed by atoms with Gasteiger partial charge in [-0.3, -0.25) is 9.59 Å². The molecule has 1 aliphatic rings. The summed E-state index contributed by atoms with van der Waals surface area (Å²) in [6.07, 6.45) is -0.801. The van der Waals surface area contributed by atoms with E-state index in [-0.39, 0.29) is 30.5 Å². The molecular formula is C16H21BrN2O5. The van der Waals surface area contributed by atoms with Crippen LogP contribution in [0.15, 0.2) is 16.6 Å². The standard InChI is InChI=1S/C16H21BrN2O5/c1-16(2)9-6-10(17)12(20)7-11(9)19(15(16)24)8-13(21)18-5-3-4-14(22)23/h6-7,14,20,22-23H,3-5,8H2,1-2H3,(H,18,21). The van der Waals surface area contributed by atoms with Crippen LogP contribution in [0.5, 0.6) is 5.75 Å².